The highest BCUT2D eigenvalue weighted by Crippen LogP contribution is 2.34. The number of carboxylic acid groups (broad SMARTS) is 1. The van der Waals surface area contributed by atoms with E-state index in [1.54, 1.807) is 0 Å². The second kappa shape index (κ2) is 7.85. The van der Waals surface area contributed by atoms with Crippen molar-refractivity contribution in [2.45, 2.75) is 13.1 Å². The average Bonchev–Trinajstić information content (AvgIpc) is 2.59. The van der Waals surface area contributed by atoms with Crippen LogP contribution in [0.5, 0.6) is 0 Å². The molecule has 1 heterocycles. The first-order valence-corrected chi connectivity index (χ1v) is 7.54. The maximum atomic E-state index is 13.0. The van der Waals surface area contributed by atoms with E-state index in [-0.39, 0.29) is 17.1 Å². The third kappa shape index (κ3) is 4.81. The number of nitrogens with one attached hydrogen (secondary N) is 1. The summed E-state index contributed by atoms with van der Waals surface area (Å²) in [6.45, 7) is 0.435. The molecule has 0 atom stereocenters. The summed E-state index contributed by atoms with van der Waals surface area (Å²) in [6.07, 6.45) is -3.36. The molecule has 2 aromatic rings. The van der Waals surface area contributed by atoms with Gasteiger partial charge in [-0.25, -0.2) is 4.98 Å². The molecule has 0 radical (unpaired) electrons. The van der Waals surface area contributed by atoms with E-state index in [1.165, 1.54) is 24.4 Å². The highest BCUT2D eigenvalue weighted by atomic mass is 19.4. The number of benzene rings is 1. The number of anilines is 2. The molecule has 10 heteroatoms. The Morgan fingerprint density at radius 2 is 1.89 bits per heavy atom. The van der Waals surface area contributed by atoms with Gasteiger partial charge in [-0.3, -0.25) is 19.3 Å². The largest absolute Gasteiger partial charge is 0.480 e. The van der Waals surface area contributed by atoms with Crippen molar-refractivity contribution in [2.75, 3.05) is 11.4 Å². The molecule has 0 aliphatic carbocycles. The van der Waals surface area contributed by atoms with Gasteiger partial charge in [0.2, 0.25) is 5.91 Å². The summed E-state index contributed by atoms with van der Waals surface area (Å²) in [4.78, 5) is 39.7. The lowest BCUT2D eigenvalue weighted by atomic mass is 10.1. The van der Waals surface area contributed by atoms with Crippen LogP contribution in [0.2, 0.25) is 0 Å². The molecule has 0 spiro atoms. The normalized spacial score (nSPS) is 11.0. The molecule has 0 unspecified atom stereocenters. The average molecular weight is 381 g/mol. The third-order valence-electron chi connectivity index (χ3n) is 3.39. The van der Waals surface area contributed by atoms with Gasteiger partial charge in [-0.05, 0) is 30.3 Å². The number of amides is 2. The van der Waals surface area contributed by atoms with E-state index < -0.39 is 36.1 Å². The molecular formula is C17H14F3N3O4. The molecule has 7 nitrogen and oxygen atoms in total. The molecule has 1 aromatic carbocycles. The predicted octanol–water partition coefficient (Wildman–Crippen LogP) is 2.60. The maximum Gasteiger partial charge on any atom is 0.416 e. The van der Waals surface area contributed by atoms with Gasteiger partial charge < -0.3 is 10.4 Å². The lowest BCUT2D eigenvalue weighted by molar-refractivity contribution is -0.138. The summed E-state index contributed by atoms with van der Waals surface area (Å²) in [5.41, 5.74) is -1.27. The van der Waals surface area contributed by atoms with Crippen LogP contribution in [-0.4, -0.2) is 34.4 Å². The van der Waals surface area contributed by atoms with Gasteiger partial charge in [0.1, 0.15) is 6.54 Å². The van der Waals surface area contributed by atoms with Crippen LogP contribution in [0.25, 0.3) is 0 Å². The van der Waals surface area contributed by atoms with Crippen molar-refractivity contribution in [2.24, 2.45) is 0 Å². The van der Waals surface area contributed by atoms with Crippen LogP contribution in [0.3, 0.4) is 0 Å². The topological polar surface area (TPSA) is 99.6 Å². The number of carbonyl (C=O) groups excluding carboxylic acids is 2. The Bertz CT molecular complexity index is 884. The number of carboxylic acids is 1. The van der Waals surface area contributed by atoms with Crippen LogP contribution in [0.15, 0.2) is 42.6 Å². The van der Waals surface area contributed by atoms with Gasteiger partial charge in [0.05, 0.1) is 16.8 Å². The van der Waals surface area contributed by atoms with Crippen molar-refractivity contribution in [3.63, 3.8) is 0 Å². The van der Waals surface area contributed by atoms with E-state index in [9.17, 15) is 27.6 Å². The minimum Gasteiger partial charge on any atom is -0.480 e. The Balaban J connectivity index is 2.52. The minimum atomic E-state index is -4.62. The number of alkyl halides is 3. The van der Waals surface area contributed by atoms with Gasteiger partial charge in [-0.1, -0.05) is 6.07 Å². The number of aromatic nitrogens is 1. The van der Waals surface area contributed by atoms with E-state index in [2.05, 4.69) is 10.3 Å². The first kappa shape index (κ1) is 19.9. The van der Waals surface area contributed by atoms with Gasteiger partial charge in [0.15, 0.2) is 5.82 Å². The first-order valence-electron chi connectivity index (χ1n) is 7.54. The van der Waals surface area contributed by atoms with Gasteiger partial charge in [0, 0.05) is 13.1 Å². The zero-order valence-electron chi connectivity index (χ0n) is 13.9. The van der Waals surface area contributed by atoms with Crippen LogP contribution in [-0.2, 0) is 15.8 Å². The SMILES string of the molecule is CC(=O)N(c1cccc(C(F)(F)F)c1)c1ncccc1C(=O)NCC(=O)O. The zero-order chi connectivity index (χ0) is 20.2. The van der Waals surface area contributed by atoms with Crippen molar-refractivity contribution in [3.8, 4) is 0 Å². The standard InChI is InChI=1S/C17H14F3N3O4/c1-10(24)23(12-5-2-4-11(8-12)17(18,19)20)15-13(6-3-7-21-15)16(27)22-9-14(25)26/h2-8H,9H2,1H3,(H,22,27)(H,25,26). The molecular weight excluding hydrogens is 367 g/mol. The lowest BCUT2D eigenvalue weighted by Gasteiger charge is -2.23. The zero-order valence-corrected chi connectivity index (χ0v) is 13.9. The summed E-state index contributed by atoms with van der Waals surface area (Å²) in [7, 11) is 0. The molecule has 142 valence electrons. The van der Waals surface area contributed by atoms with Crippen LogP contribution < -0.4 is 10.2 Å². The van der Waals surface area contributed by atoms with Crippen LogP contribution in [0.4, 0.5) is 24.7 Å². The molecule has 27 heavy (non-hydrogen) atoms. The summed E-state index contributed by atoms with van der Waals surface area (Å²) in [6, 6.07) is 6.66. The molecule has 2 N–H and O–H groups in total. The van der Waals surface area contributed by atoms with Crippen molar-refractivity contribution in [1.82, 2.24) is 10.3 Å². The number of carbonyl (C=O) groups is 3. The summed E-state index contributed by atoms with van der Waals surface area (Å²) in [5.74, 6) is -3.01. The molecule has 2 amide bonds. The molecule has 0 saturated carbocycles. The van der Waals surface area contributed by atoms with Gasteiger partial charge in [0.25, 0.3) is 5.91 Å². The van der Waals surface area contributed by atoms with Crippen LogP contribution >= 0.6 is 0 Å². The minimum absolute atomic E-state index is 0.136. The molecule has 0 bridgehead atoms. The number of nitrogens with zero attached hydrogens (tertiary/aromatic N) is 2. The Labute approximate surface area is 151 Å². The van der Waals surface area contributed by atoms with E-state index in [4.69, 9.17) is 5.11 Å². The molecule has 0 fully saturated rings. The first-order chi connectivity index (χ1) is 12.6. The number of rotatable bonds is 5. The van der Waals surface area contributed by atoms with E-state index in [1.807, 2.05) is 0 Å². The molecule has 0 aliphatic rings. The summed E-state index contributed by atoms with van der Waals surface area (Å²) in [5, 5.41) is 10.8. The third-order valence-corrected chi connectivity index (χ3v) is 3.39. The molecule has 2 rings (SSSR count). The highest BCUT2D eigenvalue weighted by molar-refractivity contribution is 6.06. The van der Waals surface area contributed by atoms with E-state index in [0.717, 1.165) is 30.0 Å². The fourth-order valence-electron chi connectivity index (χ4n) is 2.28. The van der Waals surface area contributed by atoms with Crippen molar-refractivity contribution >= 4 is 29.3 Å². The van der Waals surface area contributed by atoms with Crippen molar-refractivity contribution in [3.05, 3.63) is 53.7 Å². The second-order valence-electron chi connectivity index (χ2n) is 5.35. The summed E-state index contributed by atoms with van der Waals surface area (Å²) < 4.78 is 38.9. The second-order valence-corrected chi connectivity index (χ2v) is 5.35. The Morgan fingerprint density at radius 1 is 1.19 bits per heavy atom. The van der Waals surface area contributed by atoms with Crippen LogP contribution in [0.1, 0.15) is 22.8 Å². The lowest BCUT2D eigenvalue weighted by Crippen LogP contribution is -2.32. The summed E-state index contributed by atoms with van der Waals surface area (Å²) >= 11 is 0. The van der Waals surface area contributed by atoms with Crippen molar-refractivity contribution < 1.29 is 32.7 Å². The van der Waals surface area contributed by atoms with Crippen LogP contribution in [0, 0.1) is 0 Å². The number of hydrogen-bond acceptors (Lipinski definition) is 4. The fourth-order valence-corrected chi connectivity index (χ4v) is 2.28. The Hall–Kier alpha value is -3.43. The monoisotopic (exact) mass is 381 g/mol. The number of aliphatic carboxylic acids is 1. The van der Waals surface area contributed by atoms with E-state index >= 15 is 0 Å². The van der Waals surface area contributed by atoms with Gasteiger partial charge in [-0.2, -0.15) is 13.2 Å². The quantitative estimate of drug-likeness (QED) is 0.829. The number of halogens is 3. The smallest absolute Gasteiger partial charge is 0.416 e. The van der Waals surface area contributed by atoms with Gasteiger partial charge >= 0.3 is 12.1 Å². The number of hydrogen-bond donors (Lipinski definition) is 2. The highest BCUT2D eigenvalue weighted by Gasteiger charge is 2.32. The molecule has 0 saturated heterocycles. The Kier molecular flexibility index (Phi) is 5.78. The fraction of sp³-hybridized carbons (Fsp3) is 0.176. The van der Waals surface area contributed by atoms with Crippen molar-refractivity contribution in [1.29, 1.82) is 0 Å². The van der Waals surface area contributed by atoms with E-state index in [0.29, 0.717) is 0 Å². The maximum absolute atomic E-state index is 13.0. The number of pyridine rings is 1. The van der Waals surface area contributed by atoms with Gasteiger partial charge in [-0.15, -0.1) is 0 Å². The molecule has 0 aliphatic heterocycles. The molecule has 1 aromatic heterocycles. The Morgan fingerprint density at radius 3 is 2.48 bits per heavy atom. The predicted molar refractivity (Wildman–Crippen MR) is 88.5 cm³/mol.